The number of hydrogen-bond acceptors (Lipinski definition) is 3. The number of aliphatic carboxylic acids is 1. The summed E-state index contributed by atoms with van der Waals surface area (Å²) in [5.41, 5.74) is -1.04. The van der Waals surface area contributed by atoms with E-state index in [9.17, 15) is 15.0 Å². The molecule has 1 heterocycles. The summed E-state index contributed by atoms with van der Waals surface area (Å²) in [6.45, 7) is 5.44. The maximum atomic E-state index is 11.3. The average Bonchev–Trinajstić information content (AvgIpc) is 2.28. The first-order valence-electron chi connectivity index (χ1n) is 6.00. The van der Waals surface area contributed by atoms with Gasteiger partial charge in [-0.15, -0.1) is 0 Å². The largest absolute Gasteiger partial charge is 0.481 e. The summed E-state index contributed by atoms with van der Waals surface area (Å²) in [7, 11) is 2.01. The molecule has 0 amide bonds. The maximum Gasteiger partial charge on any atom is 0.309 e. The normalized spacial score (nSPS) is 30.1. The van der Waals surface area contributed by atoms with Crippen LogP contribution in [0.4, 0.5) is 0 Å². The molecule has 0 aromatic carbocycles. The van der Waals surface area contributed by atoms with Crippen molar-refractivity contribution in [2.75, 3.05) is 20.1 Å². The van der Waals surface area contributed by atoms with Crippen molar-refractivity contribution in [3.05, 3.63) is 0 Å². The smallest absolute Gasteiger partial charge is 0.309 e. The van der Waals surface area contributed by atoms with Crippen LogP contribution in [0.25, 0.3) is 0 Å². The van der Waals surface area contributed by atoms with Crippen molar-refractivity contribution in [3.63, 3.8) is 0 Å². The zero-order valence-corrected chi connectivity index (χ0v) is 10.4. The fourth-order valence-electron chi connectivity index (χ4n) is 2.72. The summed E-state index contributed by atoms with van der Waals surface area (Å²) < 4.78 is 0. The van der Waals surface area contributed by atoms with E-state index in [1.54, 1.807) is 0 Å². The molecule has 4 heteroatoms. The van der Waals surface area contributed by atoms with Crippen LogP contribution >= 0.6 is 0 Å². The summed E-state index contributed by atoms with van der Waals surface area (Å²) >= 11 is 0. The third-order valence-electron chi connectivity index (χ3n) is 3.59. The van der Waals surface area contributed by atoms with Crippen LogP contribution in [0.1, 0.15) is 33.1 Å². The van der Waals surface area contributed by atoms with E-state index in [1.165, 1.54) is 0 Å². The Morgan fingerprint density at radius 3 is 2.44 bits per heavy atom. The Balaban J connectivity index is 2.84. The van der Waals surface area contributed by atoms with E-state index in [4.69, 9.17) is 0 Å². The van der Waals surface area contributed by atoms with Gasteiger partial charge in [0.05, 0.1) is 11.5 Å². The quantitative estimate of drug-likeness (QED) is 0.763. The lowest BCUT2D eigenvalue weighted by Gasteiger charge is -2.35. The molecular weight excluding hydrogens is 206 g/mol. The fraction of sp³-hybridized carbons (Fsp3) is 0.917. The molecule has 94 valence electrons. The minimum absolute atomic E-state index is 0.0362. The van der Waals surface area contributed by atoms with Gasteiger partial charge in [0.15, 0.2) is 0 Å². The SMILES string of the molecule is CC(C)C(C(=O)O)C1(O)CCCN(C)CC1. The number of carboxylic acids is 1. The van der Waals surface area contributed by atoms with E-state index in [0.29, 0.717) is 12.8 Å². The molecule has 2 atom stereocenters. The fourth-order valence-corrected chi connectivity index (χ4v) is 2.72. The summed E-state index contributed by atoms with van der Waals surface area (Å²) in [5, 5.41) is 19.8. The van der Waals surface area contributed by atoms with Gasteiger partial charge < -0.3 is 15.1 Å². The average molecular weight is 229 g/mol. The van der Waals surface area contributed by atoms with Gasteiger partial charge in [-0.2, -0.15) is 0 Å². The molecular formula is C12H23NO3. The van der Waals surface area contributed by atoms with Crippen LogP contribution in [0.2, 0.25) is 0 Å². The molecule has 0 spiro atoms. The van der Waals surface area contributed by atoms with E-state index in [2.05, 4.69) is 4.90 Å². The second-order valence-corrected chi connectivity index (χ2v) is 5.32. The van der Waals surface area contributed by atoms with Crippen LogP contribution < -0.4 is 0 Å². The van der Waals surface area contributed by atoms with E-state index >= 15 is 0 Å². The summed E-state index contributed by atoms with van der Waals surface area (Å²) in [6, 6.07) is 0. The van der Waals surface area contributed by atoms with Crippen LogP contribution in [-0.4, -0.2) is 46.8 Å². The van der Waals surface area contributed by atoms with Crippen molar-refractivity contribution in [2.45, 2.75) is 38.7 Å². The van der Waals surface area contributed by atoms with E-state index in [1.807, 2.05) is 20.9 Å². The van der Waals surface area contributed by atoms with Gasteiger partial charge in [0, 0.05) is 6.54 Å². The number of carboxylic acid groups (broad SMARTS) is 1. The minimum atomic E-state index is -1.04. The Hall–Kier alpha value is -0.610. The Morgan fingerprint density at radius 1 is 1.31 bits per heavy atom. The topological polar surface area (TPSA) is 60.8 Å². The first kappa shape index (κ1) is 13.5. The van der Waals surface area contributed by atoms with Gasteiger partial charge in [0.25, 0.3) is 0 Å². The van der Waals surface area contributed by atoms with Crippen molar-refractivity contribution < 1.29 is 15.0 Å². The van der Waals surface area contributed by atoms with Crippen LogP contribution in [0.3, 0.4) is 0 Å². The lowest BCUT2D eigenvalue weighted by Crippen LogP contribution is -2.45. The van der Waals surface area contributed by atoms with Gasteiger partial charge in [-0.05, 0) is 38.8 Å². The molecule has 0 radical (unpaired) electrons. The Labute approximate surface area is 97.3 Å². The molecule has 0 aromatic rings. The molecule has 0 saturated carbocycles. The second kappa shape index (κ2) is 5.15. The van der Waals surface area contributed by atoms with Gasteiger partial charge in [-0.1, -0.05) is 13.8 Å². The van der Waals surface area contributed by atoms with E-state index < -0.39 is 17.5 Å². The van der Waals surface area contributed by atoms with Crippen molar-refractivity contribution in [1.82, 2.24) is 4.90 Å². The number of rotatable bonds is 3. The number of aliphatic hydroxyl groups is 1. The molecule has 0 aliphatic carbocycles. The van der Waals surface area contributed by atoms with Gasteiger partial charge in [-0.25, -0.2) is 0 Å². The van der Waals surface area contributed by atoms with Crippen molar-refractivity contribution in [3.8, 4) is 0 Å². The van der Waals surface area contributed by atoms with Crippen molar-refractivity contribution in [1.29, 1.82) is 0 Å². The number of hydrogen-bond donors (Lipinski definition) is 2. The van der Waals surface area contributed by atoms with Crippen LogP contribution in [0, 0.1) is 11.8 Å². The first-order chi connectivity index (χ1) is 7.37. The zero-order valence-electron chi connectivity index (χ0n) is 10.4. The highest BCUT2D eigenvalue weighted by atomic mass is 16.4. The van der Waals surface area contributed by atoms with Gasteiger partial charge in [-0.3, -0.25) is 4.79 Å². The van der Waals surface area contributed by atoms with Crippen molar-refractivity contribution >= 4 is 5.97 Å². The number of likely N-dealkylation sites (tertiary alicyclic amines) is 1. The monoisotopic (exact) mass is 229 g/mol. The third-order valence-corrected chi connectivity index (χ3v) is 3.59. The molecule has 1 saturated heterocycles. The molecule has 1 aliphatic rings. The molecule has 2 N–H and O–H groups in total. The van der Waals surface area contributed by atoms with Crippen LogP contribution in [-0.2, 0) is 4.79 Å². The standard InChI is InChI=1S/C12H23NO3/c1-9(2)10(11(14)15)12(16)5-4-7-13(3)8-6-12/h9-10,16H,4-8H2,1-3H3,(H,14,15). The first-order valence-corrected chi connectivity index (χ1v) is 6.00. The molecule has 0 bridgehead atoms. The summed E-state index contributed by atoms with van der Waals surface area (Å²) in [4.78, 5) is 13.4. The second-order valence-electron chi connectivity index (χ2n) is 5.32. The molecule has 2 unspecified atom stereocenters. The predicted octanol–water partition coefficient (Wildman–Crippen LogP) is 1.19. The van der Waals surface area contributed by atoms with E-state index in [-0.39, 0.29) is 5.92 Å². The molecule has 1 aliphatic heterocycles. The summed E-state index contributed by atoms with van der Waals surface area (Å²) in [6.07, 6.45) is 2.01. The number of carbonyl (C=O) groups is 1. The van der Waals surface area contributed by atoms with Gasteiger partial charge in [0.1, 0.15) is 0 Å². The Bertz CT molecular complexity index is 255. The zero-order chi connectivity index (χ0) is 12.3. The molecule has 0 aromatic heterocycles. The Kier molecular flexibility index (Phi) is 4.33. The van der Waals surface area contributed by atoms with Gasteiger partial charge in [0.2, 0.25) is 0 Å². The lowest BCUT2D eigenvalue weighted by molar-refractivity contribution is -0.156. The molecule has 1 rings (SSSR count). The van der Waals surface area contributed by atoms with Crippen LogP contribution in [0.5, 0.6) is 0 Å². The van der Waals surface area contributed by atoms with E-state index in [0.717, 1.165) is 19.5 Å². The minimum Gasteiger partial charge on any atom is -0.481 e. The maximum absolute atomic E-state index is 11.3. The lowest BCUT2D eigenvalue weighted by atomic mass is 9.75. The number of nitrogens with zero attached hydrogens (tertiary/aromatic N) is 1. The predicted molar refractivity (Wildman–Crippen MR) is 62.3 cm³/mol. The highest BCUT2D eigenvalue weighted by molar-refractivity contribution is 5.71. The highest BCUT2D eigenvalue weighted by Gasteiger charge is 2.43. The molecule has 1 fully saturated rings. The highest BCUT2D eigenvalue weighted by Crippen LogP contribution is 2.34. The Morgan fingerprint density at radius 2 is 1.94 bits per heavy atom. The van der Waals surface area contributed by atoms with Crippen LogP contribution in [0.15, 0.2) is 0 Å². The molecule has 4 nitrogen and oxygen atoms in total. The van der Waals surface area contributed by atoms with Crippen molar-refractivity contribution in [2.24, 2.45) is 11.8 Å². The van der Waals surface area contributed by atoms with Gasteiger partial charge >= 0.3 is 5.97 Å². The molecule has 16 heavy (non-hydrogen) atoms. The third kappa shape index (κ3) is 2.95. The summed E-state index contributed by atoms with van der Waals surface area (Å²) in [5.74, 6) is -1.56.